The fraction of sp³-hybridized carbons (Fsp3) is 0.812. The highest BCUT2D eigenvalue weighted by molar-refractivity contribution is 5.12. The molecule has 3 heteroatoms. The minimum atomic E-state index is 0.511. The Hall–Kier alpha value is -0.830. The van der Waals surface area contributed by atoms with Gasteiger partial charge in [0.15, 0.2) is 0 Å². The normalized spacial score (nSPS) is 24.8. The third kappa shape index (κ3) is 3.59. The van der Waals surface area contributed by atoms with Crippen LogP contribution in [0.2, 0.25) is 0 Å². The molecule has 1 saturated carbocycles. The average molecular weight is 263 g/mol. The quantitative estimate of drug-likeness (QED) is 0.811. The molecule has 0 bridgehead atoms. The van der Waals surface area contributed by atoms with Crippen molar-refractivity contribution in [1.82, 2.24) is 15.1 Å². The summed E-state index contributed by atoms with van der Waals surface area (Å²) in [5.41, 5.74) is 1.39. The van der Waals surface area contributed by atoms with Crippen LogP contribution in [0.5, 0.6) is 0 Å². The second-order valence-corrected chi connectivity index (χ2v) is 5.91. The van der Waals surface area contributed by atoms with E-state index in [4.69, 9.17) is 0 Å². The lowest BCUT2D eigenvalue weighted by Gasteiger charge is -2.24. The molecule has 0 saturated heterocycles. The molecule has 108 valence electrons. The minimum absolute atomic E-state index is 0.511. The van der Waals surface area contributed by atoms with Crippen molar-refractivity contribution in [1.29, 1.82) is 0 Å². The van der Waals surface area contributed by atoms with Gasteiger partial charge in [0.05, 0.1) is 6.20 Å². The van der Waals surface area contributed by atoms with Crippen LogP contribution in [0.15, 0.2) is 12.4 Å². The molecule has 2 rings (SSSR count). The summed E-state index contributed by atoms with van der Waals surface area (Å²) >= 11 is 0. The van der Waals surface area contributed by atoms with Crippen LogP contribution < -0.4 is 5.32 Å². The maximum Gasteiger partial charge on any atom is 0.0537 e. The van der Waals surface area contributed by atoms with Gasteiger partial charge in [-0.05, 0) is 44.6 Å². The zero-order valence-corrected chi connectivity index (χ0v) is 12.7. The number of aryl methyl sites for hydroxylation is 1. The van der Waals surface area contributed by atoms with Gasteiger partial charge in [0, 0.05) is 24.3 Å². The maximum absolute atomic E-state index is 4.45. The maximum atomic E-state index is 4.45. The van der Waals surface area contributed by atoms with E-state index in [1.807, 2.05) is 4.68 Å². The highest BCUT2D eigenvalue weighted by Gasteiger charge is 2.31. The molecule has 0 spiro atoms. The predicted molar refractivity (Wildman–Crippen MR) is 80.1 cm³/mol. The molecule has 1 aromatic rings. The average Bonchev–Trinajstić information content (AvgIpc) is 3.08. The minimum Gasteiger partial charge on any atom is -0.310 e. The molecule has 1 aliphatic carbocycles. The molecular formula is C16H29N3. The third-order valence-corrected chi connectivity index (χ3v) is 4.58. The highest BCUT2D eigenvalue weighted by atomic mass is 15.3. The SMILES string of the molecule is CCCNC(c1cnn(CC)c1)C1CCC(CC)C1. The molecule has 3 unspecified atom stereocenters. The molecule has 3 atom stereocenters. The van der Waals surface area contributed by atoms with E-state index in [2.05, 4.69) is 43.6 Å². The van der Waals surface area contributed by atoms with E-state index in [-0.39, 0.29) is 0 Å². The Kier molecular flexibility index (Phi) is 5.44. The summed E-state index contributed by atoms with van der Waals surface area (Å²) in [6.07, 6.45) is 11.0. The zero-order chi connectivity index (χ0) is 13.7. The molecule has 3 nitrogen and oxygen atoms in total. The molecule has 0 aliphatic heterocycles. The molecular weight excluding hydrogens is 234 g/mol. The monoisotopic (exact) mass is 263 g/mol. The molecule has 0 aromatic carbocycles. The summed E-state index contributed by atoms with van der Waals surface area (Å²) in [5.74, 6) is 1.74. The zero-order valence-electron chi connectivity index (χ0n) is 12.7. The number of rotatable bonds is 7. The largest absolute Gasteiger partial charge is 0.310 e. The van der Waals surface area contributed by atoms with E-state index in [1.165, 1.54) is 37.7 Å². The Balaban J connectivity index is 2.07. The standard InChI is InChI=1S/C16H29N3/c1-4-9-17-16(14-8-7-13(5-2)10-14)15-11-18-19(6-3)12-15/h11-14,16-17H,4-10H2,1-3H3. The van der Waals surface area contributed by atoms with Crippen LogP contribution >= 0.6 is 0 Å². The van der Waals surface area contributed by atoms with E-state index < -0.39 is 0 Å². The Bertz CT molecular complexity index is 372. The number of nitrogens with zero attached hydrogens (tertiary/aromatic N) is 2. The second-order valence-electron chi connectivity index (χ2n) is 5.91. The van der Waals surface area contributed by atoms with Crippen LogP contribution in [0.25, 0.3) is 0 Å². The molecule has 1 N–H and O–H groups in total. The number of nitrogens with one attached hydrogen (secondary N) is 1. The number of hydrogen-bond acceptors (Lipinski definition) is 2. The lowest BCUT2D eigenvalue weighted by molar-refractivity contribution is 0.354. The third-order valence-electron chi connectivity index (χ3n) is 4.58. The Labute approximate surface area is 117 Å². The van der Waals surface area contributed by atoms with Gasteiger partial charge in [-0.15, -0.1) is 0 Å². The first-order chi connectivity index (χ1) is 9.28. The summed E-state index contributed by atoms with van der Waals surface area (Å²) in [6, 6.07) is 0.511. The van der Waals surface area contributed by atoms with E-state index in [0.29, 0.717) is 6.04 Å². The smallest absolute Gasteiger partial charge is 0.0537 e. The van der Waals surface area contributed by atoms with Crippen molar-refractivity contribution in [3.63, 3.8) is 0 Å². The van der Waals surface area contributed by atoms with Crippen molar-refractivity contribution >= 4 is 0 Å². The van der Waals surface area contributed by atoms with Gasteiger partial charge in [0.2, 0.25) is 0 Å². The number of hydrogen-bond donors (Lipinski definition) is 1. The molecule has 1 aliphatic rings. The van der Waals surface area contributed by atoms with Crippen molar-refractivity contribution in [2.45, 2.75) is 65.5 Å². The summed E-state index contributed by atoms with van der Waals surface area (Å²) in [5, 5.41) is 8.21. The molecule has 1 heterocycles. The van der Waals surface area contributed by atoms with Crippen LogP contribution in [0, 0.1) is 11.8 Å². The van der Waals surface area contributed by atoms with Crippen molar-refractivity contribution < 1.29 is 0 Å². The predicted octanol–water partition coefficient (Wildman–Crippen LogP) is 3.77. The molecule has 0 radical (unpaired) electrons. The first-order valence-electron chi connectivity index (χ1n) is 8.04. The summed E-state index contributed by atoms with van der Waals surface area (Å²) in [6.45, 7) is 8.78. The lowest BCUT2D eigenvalue weighted by Crippen LogP contribution is -2.27. The van der Waals surface area contributed by atoms with E-state index in [0.717, 1.165) is 24.9 Å². The van der Waals surface area contributed by atoms with Gasteiger partial charge in [-0.2, -0.15) is 5.10 Å². The second kappa shape index (κ2) is 7.09. The van der Waals surface area contributed by atoms with Crippen LogP contribution in [-0.4, -0.2) is 16.3 Å². The van der Waals surface area contributed by atoms with Crippen LogP contribution in [0.4, 0.5) is 0 Å². The Morgan fingerprint density at radius 1 is 1.37 bits per heavy atom. The highest BCUT2D eigenvalue weighted by Crippen LogP contribution is 2.40. The van der Waals surface area contributed by atoms with Crippen molar-refractivity contribution in [2.24, 2.45) is 11.8 Å². The van der Waals surface area contributed by atoms with E-state index in [1.54, 1.807) is 0 Å². The van der Waals surface area contributed by atoms with Gasteiger partial charge in [-0.25, -0.2) is 0 Å². The van der Waals surface area contributed by atoms with Gasteiger partial charge in [-0.1, -0.05) is 26.7 Å². The number of aromatic nitrogens is 2. The first kappa shape index (κ1) is 14.6. The van der Waals surface area contributed by atoms with Gasteiger partial charge in [-0.3, -0.25) is 4.68 Å². The van der Waals surface area contributed by atoms with Gasteiger partial charge < -0.3 is 5.32 Å². The van der Waals surface area contributed by atoms with Crippen LogP contribution in [0.1, 0.15) is 64.5 Å². The fourth-order valence-corrected chi connectivity index (χ4v) is 3.36. The van der Waals surface area contributed by atoms with Gasteiger partial charge in [0.1, 0.15) is 0 Å². The fourth-order valence-electron chi connectivity index (χ4n) is 3.36. The molecule has 1 fully saturated rings. The van der Waals surface area contributed by atoms with Crippen LogP contribution in [0.3, 0.4) is 0 Å². The van der Waals surface area contributed by atoms with Gasteiger partial charge in [0.25, 0.3) is 0 Å². The van der Waals surface area contributed by atoms with Crippen LogP contribution in [-0.2, 0) is 6.54 Å². The summed E-state index contributed by atoms with van der Waals surface area (Å²) < 4.78 is 2.04. The van der Waals surface area contributed by atoms with E-state index in [9.17, 15) is 0 Å². The Morgan fingerprint density at radius 3 is 2.79 bits per heavy atom. The molecule has 19 heavy (non-hydrogen) atoms. The lowest BCUT2D eigenvalue weighted by atomic mass is 9.92. The first-order valence-corrected chi connectivity index (χ1v) is 8.04. The summed E-state index contributed by atoms with van der Waals surface area (Å²) in [7, 11) is 0. The van der Waals surface area contributed by atoms with Crippen molar-refractivity contribution in [3.8, 4) is 0 Å². The van der Waals surface area contributed by atoms with Crippen molar-refractivity contribution in [2.75, 3.05) is 6.54 Å². The van der Waals surface area contributed by atoms with E-state index >= 15 is 0 Å². The Morgan fingerprint density at radius 2 is 2.21 bits per heavy atom. The summed E-state index contributed by atoms with van der Waals surface area (Å²) in [4.78, 5) is 0. The topological polar surface area (TPSA) is 29.9 Å². The van der Waals surface area contributed by atoms with Crippen molar-refractivity contribution in [3.05, 3.63) is 18.0 Å². The molecule has 1 aromatic heterocycles. The van der Waals surface area contributed by atoms with Gasteiger partial charge >= 0.3 is 0 Å². The molecule has 0 amide bonds.